The van der Waals surface area contributed by atoms with Gasteiger partial charge in [0.15, 0.2) is 0 Å². The molecule has 0 bridgehead atoms. The minimum atomic E-state index is -0.257. The molecule has 6 N–H and O–H groups in total. The predicted octanol–water partition coefficient (Wildman–Crippen LogP) is 3.48. The molecule has 2 aromatic carbocycles. The lowest BCUT2D eigenvalue weighted by Gasteiger charge is -2.14. The molecule has 0 aliphatic heterocycles. The van der Waals surface area contributed by atoms with Gasteiger partial charge in [0.25, 0.3) is 0 Å². The van der Waals surface area contributed by atoms with Crippen LogP contribution < -0.4 is 26.8 Å². The number of rotatable bonds is 10. The molecule has 0 aliphatic carbocycles. The average molecular weight is 491 g/mol. The van der Waals surface area contributed by atoms with E-state index >= 15 is 0 Å². The van der Waals surface area contributed by atoms with Crippen molar-refractivity contribution in [2.24, 2.45) is 0 Å². The number of aldehydes is 1. The fraction of sp³-hybridized carbons (Fsp3) is 0.400. The van der Waals surface area contributed by atoms with Gasteiger partial charge in [-0.05, 0) is 51.1 Å². The zero-order chi connectivity index (χ0) is 26.7. The summed E-state index contributed by atoms with van der Waals surface area (Å²) in [4.78, 5) is 31.7. The van der Waals surface area contributed by atoms with Crippen LogP contribution in [0.15, 0.2) is 42.5 Å². The van der Waals surface area contributed by atoms with Gasteiger partial charge < -0.3 is 41.1 Å². The number of nitrogens with two attached hydrogens (primary N) is 2. The van der Waals surface area contributed by atoms with Gasteiger partial charge in [0.2, 0.25) is 12.3 Å². The van der Waals surface area contributed by atoms with Crippen molar-refractivity contribution in [3.63, 3.8) is 0 Å². The van der Waals surface area contributed by atoms with E-state index in [1.165, 1.54) is 0 Å². The molecule has 0 unspecified atom stereocenters. The molecule has 2 amide bonds. The van der Waals surface area contributed by atoms with Gasteiger partial charge in [0.1, 0.15) is 18.6 Å². The van der Waals surface area contributed by atoms with E-state index in [1.54, 1.807) is 56.7 Å². The highest BCUT2D eigenvalue weighted by Crippen LogP contribution is 2.23. The Morgan fingerprint density at radius 2 is 1.63 bits per heavy atom. The van der Waals surface area contributed by atoms with Crippen LogP contribution in [-0.2, 0) is 23.9 Å². The van der Waals surface area contributed by atoms with E-state index in [0.717, 1.165) is 0 Å². The zero-order valence-electron chi connectivity index (χ0n) is 21.1. The minimum Gasteiger partial charge on any atom is -0.489 e. The van der Waals surface area contributed by atoms with E-state index in [0.29, 0.717) is 54.4 Å². The Bertz CT molecular complexity index is 900. The zero-order valence-corrected chi connectivity index (χ0v) is 21.1. The summed E-state index contributed by atoms with van der Waals surface area (Å²) >= 11 is 0. The highest BCUT2D eigenvalue weighted by atomic mass is 16.5. The van der Waals surface area contributed by atoms with Gasteiger partial charge >= 0.3 is 0 Å². The number of nitrogens with one attached hydrogen (secondary N) is 2. The smallest absolute Gasteiger partial charge is 0.224 e. The van der Waals surface area contributed by atoms with E-state index in [9.17, 15) is 14.4 Å². The summed E-state index contributed by atoms with van der Waals surface area (Å²) in [5.74, 6) is 0.387. The summed E-state index contributed by atoms with van der Waals surface area (Å²) in [7, 11) is 3.33. The van der Waals surface area contributed by atoms with Gasteiger partial charge in [-0.3, -0.25) is 9.59 Å². The lowest BCUT2D eigenvalue weighted by atomic mass is 10.2. The Morgan fingerprint density at radius 1 is 1.00 bits per heavy atom. The minimum absolute atomic E-state index is 0.0417. The first-order chi connectivity index (χ1) is 16.6. The van der Waals surface area contributed by atoms with Crippen molar-refractivity contribution in [2.45, 2.75) is 39.2 Å². The Hall–Kier alpha value is -3.63. The molecule has 10 nitrogen and oxygen atoms in total. The largest absolute Gasteiger partial charge is 0.489 e. The lowest BCUT2D eigenvalue weighted by molar-refractivity contribution is -0.118. The van der Waals surface area contributed by atoms with Gasteiger partial charge in [0.05, 0.1) is 29.3 Å². The Kier molecular flexibility index (Phi) is 15.9. The number of carbonyl (C=O) groups excluding carboxylic acids is 3. The van der Waals surface area contributed by atoms with Crippen LogP contribution in [0.25, 0.3) is 0 Å². The summed E-state index contributed by atoms with van der Waals surface area (Å²) < 4.78 is 15.1. The lowest BCUT2D eigenvalue weighted by Crippen LogP contribution is -2.15. The first-order valence-electron chi connectivity index (χ1n) is 10.9. The van der Waals surface area contributed by atoms with E-state index in [2.05, 4.69) is 10.6 Å². The van der Waals surface area contributed by atoms with Crippen molar-refractivity contribution >= 4 is 41.4 Å². The van der Waals surface area contributed by atoms with E-state index in [-0.39, 0.29) is 24.3 Å². The molecule has 10 heteroatoms. The van der Waals surface area contributed by atoms with Crippen molar-refractivity contribution in [3.05, 3.63) is 42.5 Å². The molecule has 0 heterocycles. The molecule has 0 fully saturated rings. The van der Waals surface area contributed by atoms with Crippen LogP contribution in [0.1, 0.15) is 33.6 Å². The molecular formula is C25H38N4O6. The van der Waals surface area contributed by atoms with Crippen LogP contribution in [0.3, 0.4) is 0 Å². The third kappa shape index (κ3) is 15.8. The van der Waals surface area contributed by atoms with Gasteiger partial charge in [-0.2, -0.15) is 0 Å². The number of methoxy groups -OCH3 is 2. The van der Waals surface area contributed by atoms with Crippen molar-refractivity contribution < 1.29 is 28.6 Å². The topological polar surface area (TPSA) is 155 Å². The Labute approximate surface area is 207 Å². The van der Waals surface area contributed by atoms with Gasteiger partial charge in [-0.1, -0.05) is 12.1 Å². The number of hydrogen-bond acceptors (Lipinski definition) is 8. The van der Waals surface area contributed by atoms with Crippen LogP contribution in [0.4, 0.5) is 22.7 Å². The quantitative estimate of drug-likeness (QED) is 0.224. The second kappa shape index (κ2) is 17.8. The maximum absolute atomic E-state index is 11.3. The molecule has 0 aliphatic rings. The standard InChI is InChI=1S/C11H12N2O3.C9H14N2O2.C5H12O/c14-7-3-6-11(16)13-10-5-2-1-4-9(10)12-8-15;1-12-4-5-13-9-3-2-7(10)6-8(9)11;1-5(2,3)6-4/h1-2,4-5,7-8H,3,6H2,(H,12,15)(H,13,16);2-3,6H,4-5,10-11H2,1H3;1-4H3. The van der Waals surface area contributed by atoms with Crippen LogP contribution in [0.2, 0.25) is 0 Å². The van der Waals surface area contributed by atoms with Gasteiger partial charge in [0, 0.05) is 32.7 Å². The molecular weight excluding hydrogens is 452 g/mol. The number of amides is 2. The number of ether oxygens (including phenoxy) is 3. The second-order valence-electron chi connectivity index (χ2n) is 8.02. The number of carbonyl (C=O) groups is 3. The van der Waals surface area contributed by atoms with Crippen LogP contribution in [-0.4, -0.2) is 51.6 Å². The van der Waals surface area contributed by atoms with Crippen molar-refractivity contribution in [1.29, 1.82) is 0 Å². The number of benzene rings is 2. The summed E-state index contributed by atoms with van der Waals surface area (Å²) in [6, 6.07) is 12.0. The van der Waals surface area contributed by atoms with Crippen LogP contribution in [0, 0.1) is 0 Å². The maximum Gasteiger partial charge on any atom is 0.224 e. The van der Waals surface area contributed by atoms with Crippen LogP contribution in [0.5, 0.6) is 5.75 Å². The first-order valence-corrected chi connectivity index (χ1v) is 10.9. The van der Waals surface area contributed by atoms with Crippen molar-refractivity contribution in [3.8, 4) is 5.75 Å². The number of para-hydroxylation sites is 2. The first kappa shape index (κ1) is 31.4. The normalized spacial score (nSPS) is 9.97. The van der Waals surface area contributed by atoms with E-state index in [4.69, 9.17) is 25.7 Å². The Balaban J connectivity index is 0.000000546. The second-order valence-corrected chi connectivity index (χ2v) is 8.02. The van der Waals surface area contributed by atoms with E-state index < -0.39 is 0 Å². The third-order valence-corrected chi connectivity index (χ3v) is 4.10. The summed E-state index contributed by atoms with van der Waals surface area (Å²) in [5, 5.41) is 5.08. The number of nitrogen functional groups attached to an aromatic ring is 2. The highest BCUT2D eigenvalue weighted by Gasteiger charge is 2.05. The average Bonchev–Trinajstić information content (AvgIpc) is 2.81. The molecule has 194 valence electrons. The number of hydrogen-bond donors (Lipinski definition) is 4. The monoisotopic (exact) mass is 490 g/mol. The SMILES string of the molecule is COC(C)(C)C.COCCOc1ccc(N)cc1N.O=CCCC(=O)Nc1ccccc1NC=O. The molecule has 0 saturated heterocycles. The molecule has 2 aromatic rings. The summed E-state index contributed by atoms with van der Waals surface area (Å²) in [6.07, 6.45) is 1.56. The molecule has 35 heavy (non-hydrogen) atoms. The molecule has 0 atom stereocenters. The molecule has 2 rings (SSSR count). The Morgan fingerprint density at radius 3 is 2.14 bits per heavy atom. The maximum atomic E-state index is 11.3. The van der Waals surface area contributed by atoms with Crippen molar-refractivity contribution in [1.82, 2.24) is 0 Å². The summed E-state index contributed by atoms with van der Waals surface area (Å²) in [5.41, 5.74) is 13.5. The molecule has 0 aromatic heterocycles. The van der Waals surface area contributed by atoms with Gasteiger partial charge in [-0.25, -0.2) is 0 Å². The fourth-order valence-electron chi connectivity index (χ4n) is 2.12. The highest BCUT2D eigenvalue weighted by molar-refractivity contribution is 5.96. The molecule has 0 spiro atoms. The summed E-state index contributed by atoms with van der Waals surface area (Å²) in [6.45, 7) is 7.10. The van der Waals surface area contributed by atoms with Crippen LogP contribution >= 0.6 is 0 Å². The van der Waals surface area contributed by atoms with Gasteiger partial charge in [-0.15, -0.1) is 0 Å². The fourth-order valence-corrected chi connectivity index (χ4v) is 2.12. The molecule has 0 saturated carbocycles. The predicted molar refractivity (Wildman–Crippen MR) is 139 cm³/mol. The molecule has 0 radical (unpaired) electrons. The van der Waals surface area contributed by atoms with Crippen molar-refractivity contribution in [2.75, 3.05) is 49.5 Å². The third-order valence-electron chi connectivity index (χ3n) is 4.10. The number of anilines is 4. The van der Waals surface area contributed by atoms with E-state index in [1.807, 2.05) is 20.8 Å².